The van der Waals surface area contributed by atoms with Crippen LogP contribution >= 0.6 is 0 Å². The zero-order valence-electron chi connectivity index (χ0n) is 12.1. The fourth-order valence-corrected chi connectivity index (χ4v) is 2.88. The van der Waals surface area contributed by atoms with E-state index in [-0.39, 0.29) is 5.91 Å². The number of benzene rings is 2. The normalized spacial score (nSPS) is 13.2. The molecule has 2 aromatic carbocycles. The molecular weight excluding hydrogens is 260 g/mol. The van der Waals surface area contributed by atoms with Crippen molar-refractivity contribution in [3.8, 4) is 0 Å². The van der Waals surface area contributed by atoms with E-state index in [1.54, 1.807) is 0 Å². The minimum absolute atomic E-state index is 0.204. The Labute approximate surface area is 125 Å². The van der Waals surface area contributed by atoms with Crippen LogP contribution in [0.5, 0.6) is 0 Å². The lowest BCUT2D eigenvalue weighted by Crippen LogP contribution is -2.28. The number of anilines is 2. The molecule has 0 spiro atoms. The van der Waals surface area contributed by atoms with E-state index in [4.69, 9.17) is 5.73 Å². The van der Waals surface area contributed by atoms with E-state index in [0.717, 1.165) is 37.2 Å². The Morgan fingerprint density at radius 1 is 1.14 bits per heavy atom. The summed E-state index contributed by atoms with van der Waals surface area (Å²) in [6, 6.07) is 16.2. The molecule has 1 amide bonds. The van der Waals surface area contributed by atoms with Crippen LogP contribution in [0.25, 0.3) is 0 Å². The summed E-state index contributed by atoms with van der Waals surface area (Å²) in [6.07, 6.45) is 3.35. The molecule has 0 saturated carbocycles. The van der Waals surface area contributed by atoms with Crippen molar-refractivity contribution in [2.24, 2.45) is 0 Å². The van der Waals surface area contributed by atoms with Gasteiger partial charge < -0.3 is 10.6 Å². The van der Waals surface area contributed by atoms with E-state index in [2.05, 4.69) is 12.1 Å². The average Bonchev–Trinajstić information content (AvgIpc) is 2.91. The van der Waals surface area contributed by atoms with Crippen LogP contribution in [-0.2, 0) is 17.6 Å². The number of hydrogen-bond acceptors (Lipinski definition) is 2. The Kier molecular flexibility index (Phi) is 3.91. The molecule has 21 heavy (non-hydrogen) atoms. The van der Waals surface area contributed by atoms with Crippen molar-refractivity contribution < 1.29 is 4.79 Å². The Bertz CT molecular complexity index is 637. The van der Waals surface area contributed by atoms with Gasteiger partial charge in [0.15, 0.2) is 0 Å². The van der Waals surface area contributed by atoms with E-state index in [1.165, 1.54) is 11.1 Å². The number of nitrogens with zero attached hydrogens (tertiary/aromatic N) is 1. The fourth-order valence-electron chi connectivity index (χ4n) is 2.88. The standard InChI is InChI=1S/C18H20N2O/c19-16-10-9-15-11-12-20(17(15)13-16)18(21)8-4-7-14-5-2-1-3-6-14/h1-3,5-6,9-10,13H,4,7-8,11-12,19H2. The van der Waals surface area contributed by atoms with Gasteiger partial charge in [0.25, 0.3) is 0 Å². The van der Waals surface area contributed by atoms with Gasteiger partial charge in [0.05, 0.1) is 0 Å². The molecule has 1 aliphatic rings. The second-order valence-corrected chi connectivity index (χ2v) is 5.52. The first kappa shape index (κ1) is 13.7. The SMILES string of the molecule is Nc1ccc2c(c1)N(C(=O)CCCc1ccccc1)CC2. The molecule has 0 saturated heterocycles. The maximum absolute atomic E-state index is 12.4. The van der Waals surface area contributed by atoms with Gasteiger partial charge in [-0.25, -0.2) is 0 Å². The monoisotopic (exact) mass is 280 g/mol. The third kappa shape index (κ3) is 3.07. The van der Waals surface area contributed by atoms with Crippen LogP contribution < -0.4 is 10.6 Å². The van der Waals surface area contributed by atoms with Gasteiger partial charge in [-0.05, 0) is 42.5 Å². The minimum Gasteiger partial charge on any atom is -0.399 e. The molecule has 1 heterocycles. The maximum atomic E-state index is 12.4. The highest BCUT2D eigenvalue weighted by molar-refractivity contribution is 5.96. The summed E-state index contributed by atoms with van der Waals surface area (Å²) in [5, 5.41) is 0. The molecule has 0 unspecified atom stereocenters. The lowest BCUT2D eigenvalue weighted by atomic mass is 10.1. The second kappa shape index (κ2) is 6.00. The predicted molar refractivity (Wildman–Crippen MR) is 86.3 cm³/mol. The fraction of sp³-hybridized carbons (Fsp3) is 0.278. The van der Waals surface area contributed by atoms with Crippen LogP contribution in [0.1, 0.15) is 24.0 Å². The third-order valence-corrected chi connectivity index (χ3v) is 4.00. The molecule has 2 aromatic rings. The first-order valence-corrected chi connectivity index (χ1v) is 7.47. The summed E-state index contributed by atoms with van der Waals surface area (Å²) in [6.45, 7) is 0.781. The number of aryl methyl sites for hydroxylation is 1. The lowest BCUT2D eigenvalue weighted by Gasteiger charge is -2.17. The van der Waals surface area contributed by atoms with Crippen LogP contribution in [0.2, 0.25) is 0 Å². The topological polar surface area (TPSA) is 46.3 Å². The number of nitrogen functional groups attached to an aromatic ring is 1. The van der Waals surface area contributed by atoms with E-state index in [1.807, 2.05) is 41.3 Å². The summed E-state index contributed by atoms with van der Waals surface area (Å²) in [4.78, 5) is 14.3. The van der Waals surface area contributed by atoms with Crippen molar-refractivity contribution in [1.82, 2.24) is 0 Å². The van der Waals surface area contributed by atoms with Gasteiger partial charge in [-0.3, -0.25) is 4.79 Å². The first-order chi connectivity index (χ1) is 10.2. The molecule has 108 valence electrons. The quantitative estimate of drug-likeness (QED) is 0.874. The maximum Gasteiger partial charge on any atom is 0.227 e. The zero-order chi connectivity index (χ0) is 14.7. The van der Waals surface area contributed by atoms with Crippen LogP contribution in [0.3, 0.4) is 0 Å². The molecule has 3 nitrogen and oxygen atoms in total. The van der Waals surface area contributed by atoms with Crippen molar-refractivity contribution in [2.45, 2.75) is 25.7 Å². The molecule has 0 aliphatic carbocycles. The van der Waals surface area contributed by atoms with Crippen molar-refractivity contribution >= 4 is 17.3 Å². The Morgan fingerprint density at radius 2 is 1.95 bits per heavy atom. The third-order valence-electron chi connectivity index (χ3n) is 4.00. The summed E-state index contributed by atoms with van der Waals surface area (Å²) in [5.74, 6) is 0.204. The van der Waals surface area contributed by atoms with Crippen LogP contribution in [0, 0.1) is 0 Å². The van der Waals surface area contributed by atoms with Gasteiger partial charge in [0.2, 0.25) is 5.91 Å². The molecule has 0 fully saturated rings. The van der Waals surface area contributed by atoms with E-state index in [9.17, 15) is 4.79 Å². The van der Waals surface area contributed by atoms with Crippen molar-refractivity contribution in [3.63, 3.8) is 0 Å². The number of carbonyl (C=O) groups excluding carboxylic acids is 1. The number of fused-ring (bicyclic) bond motifs is 1. The molecule has 2 N–H and O–H groups in total. The molecule has 3 rings (SSSR count). The summed E-state index contributed by atoms with van der Waals surface area (Å²) >= 11 is 0. The summed E-state index contributed by atoms with van der Waals surface area (Å²) in [5.41, 5.74) is 10.1. The van der Waals surface area contributed by atoms with Gasteiger partial charge in [-0.1, -0.05) is 36.4 Å². The van der Waals surface area contributed by atoms with Gasteiger partial charge in [-0.2, -0.15) is 0 Å². The average molecular weight is 280 g/mol. The van der Waals surface area contributed by atoms with Gasteiger partial charge in [-0.15, -0.1) is 0 Å². The Morgan fingerprint density at radius 3 is 2.76 bits per heavy atom. The summed E-state index contributed by atoms with van der Waals surface area (Å²) < 4.78 is 0. The van der Waals surface area contributed by atoms with Crippen LogP contribution in [0.4, 0.5) is 11.4 Å². The largest absolute Gasteiger partial charge is 0.399 e. The minimum atomic E-state index is 0.204. The number of nitrogens with two attached hydrogens (primary N) is 1. The first-order valence-electron chi connectivity index (χ1n) is 7.47. The number of hydrogen-bond donors (Lipinski definition) is 1. The highest BCUT2D eigenvalue weighted by Crippen LogP contribution is 2.30. The number of amides is 1. The van der Waals surface area contributed by atoms with Gasteiger partial charge >= 0.3 is 0 Å². The predicted octanol–water partition coefficient (Wildman–Crippen LogP) is 3.18. The number of carbonyl (C=O) groups is 1. The summed E-state index contributed by atoms with van der Waals surface area (Å²) in [7, 11) is 0. The van der Waals surface area contributed by atoms with Crippen LogP contribution in [-0.4, -0.2) is 12.5 Å². The highest BCUT2D eigenvalue weighted by atomic mass is 16.2. The lowest BCUT2D eigenvalue weighted by molar-refractivity contribution is -0.118. The van der Waals surface area contributed by atoms with Crippen molar-refractivity contribution in [3.05, 3.63) is 59.7 Å². The van der Waals surface area contributed by atoms with Gasteiger partial charge in [0.1, 0.15) is 0 Å². The molecular formula is C18H20N2O. The van der Waals surface area contributed by atoms with Crippen molar-refractivity contribution in [1.29, 1.82) is 0 Å². The molecule has 0 aromatic heterocycles. The van der Waals surface area contributed by atoms with Gasteiger partial charge in [0, 0.05) is 24.3 Å². The number of rotatable bonds is 4. The Hall–Kier alpha value is -2.29. The Balaban J connectivity index is 1.59. The van der Waals surface area contributed by atoms with E-state index < -0.39 is 0 Å². The molecule has 0 radical (unpaired) electrons. The van der Waals surface area contributed by atoms with Crippen molar-refractivity contribution in [2.75, 3.05) is 17.2 Å². The zero-order valence-corrected chi connectivity index (χ0v) is 12.1. The van der Waals surface area contributed by atoms with E-state index in [0.29, 0.717) is 6.42 Å². The smallest absolute Gasteiger partial charge is 0.227 e. The van der Waals surface area contributed by atoms with E-state index >= 15 is 0 Å². The van der Waals surface area contributed by atoms with Crippen LogP contribution in [0.15, 0.2) is 48.5 Å². The molecule has 1 aliphatic heterocycles. The molecule has 0 atom stereocenters. The molecule has 0 bridgehead atoms. The highest BCUT2D eigenvalue weighted by Gasteiger charge is 2.24. The molecule has 3 heteroatoms. The second-order valence-electron chi connectivity index (χ2n) is 5.52.